The van der Waals surface area contributed by atoms with Crippen LogP contribution in [-0.2, 0) is 11.3 Å². The number of ether oxygens (including phenoxy) is 1. The van der Waals surface area contributed by atoms with Crippen LogP contribution in [0.4, 0.5) is 10.1 Å². The van der Waals surface area contributed by atoms with Crippen molar-refractivity contribution in [3.05, 3.63) is 59.9 Å². The van der Waals surface area contributed by atoms with Crippen LogP contribution in [0.3, 0.4) is 0 Å². The molecular formula is C15H12FNO2. The predicted octanol–water partition coefficient (Wildman–Crippen LogP) is 2.75. The van der Waals surface area contributed by atoms with E-state index in [1.54, 1.807) is 17.0 Å². The molecule has 1 aliphatic rings. The van der Waals surface area contributed by atoms with Crippen LogP contribution < -0.4 is 9.64 Å². The first-order valence-corrected chi connectivity index (χ1v) is 6.01. The molecule has 1 aliphatic heterocycles. The lowest BCUT2D eigenvalue weighted by molar-refractivity contribution is -0.121. The fourth-order valence-corrected chi connectivity index (χ4v) is 2.15. The Morgan fingerprint density at radius 3 is 2.84 bits per heavy atom. The summed E-state index contributed by atoms with van der Waals surface area (Å²) in [7, 11) is 0. The molecule has 2 aromatic rings. The molecular weight excluding hydrogens is 245 g/mol. The second kappa shape index (κ2) is 4.72. The van der Waals surface area contributed by atoms with Gasteiger partial charge in [0, 0.05) is 0 Å². The van der Waals surface area contributed by atoms with E-state index in [0.29, 0.717) is 12.3 Å². The highest BCUT2D eigenvalue weighted by Gasteiger charge is 2.25. The minimum atomic E-state index is -0.300. The Morgan fingerprint density at radius 2 is 2.00 bits per heavy atom. The van der Waals surface area contributed by atoms with Gasteiger partial charge in [-0.3, -0.25) is 4.79 Å². The molecule has 0 saturated carbocycles. The molecule has 0 fully saturated rings. The molecule has 1 amide bonds. The van der Waals surface area contributed by atoms with E-state index in [0.717, 1.165) is 11.3 Å². The van der Waals surface area contributed by atoms with E-state index in [9.17, 15) is 9.18 Å². The highest BCUT2D eigenvalue weighted by molar-refractivity contribution is 5.97. The minimum Gasteiger partial charge on any atom is -0.482 e. The summed E-state index contributed by atoms with van der Waals surface area (Å²) in [4.78, 5) is 13.6. The number of fused-ring (bicyclic) bond motifs is 1. The average molecular weight is 257 g/mol. The number of nitrogens with zero attached hydrogens (tertiary/aromatic N) is 1. The van der Waals surface area contributed by atoms with Gasteiger partial charge in [-0.15, -0.1) is 0 Å². The average Bonchev–Trinajstić information content (AvgIpc) is 2.42. The van der Waals surface area contributed by atoms with Crippen molar-refractivity contribution in [2.24, 2.45) is 0 Å². The molecule has 0 N–H and O–H groups in total. The van der Waals surface area contributed by atoms with E-state index in [1.165, 1.54) is 12.1 Å². The van der Waals surface area contributed by atoms with Gasteiger partial charge < -0.3 is 9.64 Å². The van der Waals surface area contributed by atoms with E-state index in [-0.39, 0.29) is 18.3 Å². The molecule has 3 rings (SSSR count). The molecule has 96 valence electrons. The summed E-state index contributed by atoms with van der Waals surface area (Å²) >= 11 is 0. The first-order valence-electron chi connectivity index (χ1n) is 6.01. The lowest BCUT2D eigenvalue weighted by Gasteiger charge is -2.29. The van der Waals surface area contributed by atoms with Gasteiger partial charge in [-0.05, 0) is 29.8 Å². The molecule has 0 radical (unpaired) electrons. The van der Waals surface area contributed by atoms with Gasteiger partial charge in [0.1, 0.15) is 11.6 Å². The molecule has 0 unspecified atom stereocenters. The molecule has 0 bridgehead atoms. The number of halogens is 1. The molecule has 0 spiro atoms. The maximum absolute atomic E-state index is 13.2. The maximum atomic E-state index is 13.2. The zero-order valence-electron chi connectivity index (χ0n) is 10.2. The fourth-order valence-electron chi connectivity index (χ4n) is 2.15. The number of carbonyl (C=O) groups is 1. The Kier molecular flexibility index (Phi) is 2.91. The monoisotopic (exact) mass is 257 g/mol. The van der Waals surface area contributed by atoms with Gasteiger partial charge in [0.25, 0.3) is 5.91 Å². The Hall–Kier alpha value is -2.36. The number of anilines is 1. The van der Waals surface area contributed by atoms with Crippen LogP contribution in [0.2, 0.25) is 0 Å². The predicted molar refractivity (Wildman–Crippen MR) is 69.5 cm³/mol. The molecule has 2 aromatic carbocycles. The number of benzene rings is 2. The number of amides is 1. The van der Waals surface area contributed by atoms with E-state index in [4.69, 9.17) is 4.74 Å². The second-order valence-corrected chi connectivity index (χ2v) is 4.37. The maximum Gasteiger partial charge on any atom is 0.265 e. The molecule has 3 nitrogen and oxygen atoms in total. The topological polar surface area (TPSA) is 29.5 Å². The third-order valence-electron chi connectivity index (χ3n) is 3.04. The fraction of sp³-hybridized carbons (Fsp3) is 0.133. The largest absolute Gasteiger partial charge is 0.482 e. The molecule has 4 heteroatoms. The van der Waals surface area contributed by atoms with Crippen molar-refractivity contribution in [3.63, 3.8) is 0 Å². The quantitative estimate of drug-likeness (QED) is 0.828. The summed E-state index contributed by atoms with van der Waals surface area (Å²) in [5.41, 5.74) is 1.48. The summed E-state index contributed by atoms with van der Waals surface area (Å²) < 4.78 is 18.5. The van der Waals surface area contributed by atoms with Crippen LogP contribution in [-0.4, -0.2) is 12.5 Å². The van der Waals surface area contributed by atoms with Gasteiger partial charge in [-0.2, -0.15) is 0 Å². The van der Waals surface area contributed by atoms with Gasteiger partial charge in [0.2, 0.25) is 0 Å². The summed E-state index contributed by atoms with van der Waals surface area (Å²) in [5, 5.41) is 0. The molecule has 0 aromatic heterocycles. The lowest BCUT2D eigenvalue weighted by atomic mass is 10.1. The van der Waals surface area contributed by atoms with Gasteiger partial charge in [0.05, 0.1) is 12.2 Å². The van der Waals surface area contributed by atoms with Crippen molar-refractivity contribution < 1.29 is 13.9 Å². The van der Waals surface area contributed by atoms with Crippen molar-refractivity contribution in [1.82, 2.24) is 0 Å². The van der Waals surface area contributed by atoms with Crippen molar-refractivity contribution in [1.29, 1.82) is 0 Å². The smallest absolute Gasteiger partial charge is 0.265 e. The SMILES string of the molecule is O=C1COc2ccccc2N1Cc1cccc(F)c1. The number of para-hydroxylation sites is 2. The van der Waals surface area contributed by atoms with Crippen LogP contribution in [0.25, 0.3) is 0 Å². The number of carbonyl (C=O) groups excluding carboxylic acids is 1. The van der Waals surface area contributed by atoms with Gasteiger partial charge >= 0.3 is 0 Å². The Labute approximate surface area is 110 Å². The molecule has 0 atom stereocenters. The Balaban J connectivity index is 1.94. The van der Waals surface area contributed by atoms with Gasteiger partial charge in [0.15, 0.2) is 6.61 Å². The van der Waals surface area contributed by atoms with Crippen molar-refractivity contribution in [3.8, 4) is 5.75 Å². The van der Waals surface area contributed by atoms with E-state index < -0.39 is 0 Å². The van der Waals surface area contributed by atoms with E-state index >= 15 is 0 Å². The third-order valence-corrected chi connectivity index (χ3v) is 3.04. The molecule has 1 heterocycles. The third kappa shape index (κ3) is 2.29. The van der Waals surface area contributed by atoms with Crippen molar-refractivity contribution in [2.45, 2.75) is 6.54 Å². The number of hydrogen-bond donors (Lipinski definition) is 0. The molecule has 0 aliphatic carbocycles. The summed E-state index contributed by atoms with van der Waals surface area (Å²) in [6.07, 6.45) is 0. The highest BCUT2D eigenvalue weighted by Crippen LogP contribution is 2.32. The first-order chi connectivity index (χ1) is 9.24. The van der Waals surface area contributed by atoms with E-state index in [2.05, 4.69) is 0 Å². The highest BCUT2D eigenvalue weighted by atomic mass is 19.1. The zero-order chi connectivity index (χ0) is 13.2. The number of hydrogen-bond acceptors (Lipinski definition) is 2. The van der Waals surface area contributed by atoms with Crippen LogP contribution >= 0.6 is 0 Å². The van der Waals surface area contributed by atoms with Gasteiger partial charge in [-0.1, -0.05) is 24.3 Å². The van der Waals surface area contributed by atoms with Crippen molar-refractivity contribution in [2.75, 3.05) is 11.5 Å². The van der Waals surface area contributed by atoms with E-state index in [1.807, 2.05) is 24.3 Å². The van der Waals surface area contributed by atoms with Gasteiger partial charge in [-0.25, -0.2) is 4.39 Å². The molecule has 0 saturated heterocycles. The summed E-state index contributed by atoms with van der Waals surface area (Å²) in [5.74, 6) is 0.257. The zero-order valence-corrected chi connectivity index (χ0v) is 10.2. The number of rotatable bonds is 2. The normalized spacial score (nSPS) is 13.9. The van der Waals surface area contributed by atoms with Crippen LogP contribution in [0.15, 0.2) is 48.5 Å². The van der Waals surface area contributed by atoms with Crippen LogP contribution in [0, 0.1) is 5.82 Å². The second-order valence-electron chi connectivity index (χ2n) is 4.37. The van der Waals surface area contributed by atoms with Crippen LogP contribution in [0.1, 0.15) is 5.56 Å². The summed E-state index contributed by atoms with van der Waals surface area (Å²) in [6.45, 7) is 0.364. The standard InChI is InChI=1S/C15H12FNO2/c16-12-5-3-4-11(8-12)9-17-13-6-1-2-7-14(13)19-10-15(17)18/h1-8H,9-10H2. The first kappa shape index (κ1) is 11.7. The van der Waals surface area contributed by atoms with Crippen molar-refractivity contribution >= 4 is 11.6 Å². The van der Waals surface area contributed by atoms with Crippen LogP contribution in [0.5, 0.6) is 5.75 Å². The Morgan fingerprint density at radius 1 is 1.16 bits per heavy atom. The lowest BCUT2D eigenvalue weighted by Crippen LogP contribution is -2.38. The minimum absolute atomic E-state index is 0.0202. The Bertz CT molecular complexity index is 627. The summed E-state index contributed by atoms with van der Waals surface area (Å²) in [6, 6.07) is 13.6. The molecule has 19 heavy (non-hydrogen) atoms.